The van der Waals surface area contributed by atoms with Gasteiger partial charge in [-0.05, 0) is 19.8 Å². The van der Waals surface area contributed by atoms with E-state index in [1.54, 1.807) is 14.1 Å². The number of unbranched alkanes of at least 4 members (excludes halogenated alkanes) is 3. The molecule has 0 fully saturated rings. The molecule has 0 aromatic carbocycles. The fourth-order valence-electron chi connectivity index (χ4n) is 1.18. The van der Waals surface area contributed by atoms with Crippen LogP contribution >= 0.6 is 0 Å². The molecule has 0 unspecified atom stereocenters. The number of hydrogen-bond donors (Lipinski definition) is 0. The normalized spacial score (nSPS) is 14.8. The van der Waals surface area contributed by atoms with Crippen molar-refractivity contribution in [3.63, 3.8) is 0 Å². The predicted octanol–water partition coefficient (Wildman–Crippen LogP) is 2.92. The lowest BCUT2D eigenvalue weighted by Crippen LogP contribution is -2.41. The molecule has 0 aliphatic carbocycles. The molecule has 0 amide bonds. The Labute approximate surface area is 76.7 Å². The highest BCUT2D eigenvalue weighted by molar-refractivity contribution is 4.52. The number of quaternary nitrogens is 1. The van der Waals surface area contributed by atoms with E-state index in [4.69, 9.17) is 0 Å². The van der Waals surface area contributed by atoms with Gasteiger partial charge in [0.15, 0.2) is 0 Å². The van der Waals surface area contributed by atoms with E-state index in [0.29, 0.717) is 0 Å². The van der Waals surface area contributed by atoms with Crippen LogP contribution in [-0.4, -0.2) is 24.8 Å². The first kappa shape index (κ1) is 11.9. The molecule has 0 aromatic rings. The molecule has 0 N–H and O–H groups in total. The van der Waals surface area contributed by atoms with Crippen molar-refractivity contribution < 1.29 is 4.65 Å². The summed E-state index contributed by atoms with van der Waals surface area (Å²) in [6.07, 6.45) is 6.12. The van der Waals surface area contributed by atoms with Gasteiger partial charge in [-0.1, -0.05) is 26.2 Å². The topological polar surface area (TPSA) is 23.1 Å². The first-order chi connectivity index (χ1) is 5.48. The number of hydroxylamine groups is 3. The Morgan fingerprint density at radius 3 is 2.17 bits per heavy atom. The molecule has 1 atom stereocenters. The quantitative estimate of drug-likeness (QED) is 0.344. The Balaban J connectivity index is 3.38. The van der Waals surface area contributed by atoms with Gasteiger partial charge in [0, 0.05) is 0 Å². The van der Waals surface area contributed by atoms with Gasteiger partial charge < -0.3 is 9.85 Å². The van der Waals surface area contributed by atoms with Crippen LogP contribution in [0, 0.1) is 5.21 Å². The van der Waals surface area contributed by atoms with Crippen molar-refractivity contribution in [1.82, 2.24) is 0 Å². The molecule has 0 aliphatic rings. The fourth-order valence-corrected chi connectivity index (χ4v) is 1.18. The number of nitrogens with zero attached hydrogens (tertiary/aromatic N) is 1. The van der Waals surface area contributed by atoms with Crippen molar-refractivity contribution in [1.29, 1.82) is 0 Å². The zero-order valence-corrected chi connectivity index (χ0v) is 8.97. The molecular weight excluding hydrogens is 150 g/mol. The Morgan fingerprint density at radius 1 is 1.17 bits per heavy atom. The largest absolute Gasteiger partial charge is 0.633 e. The predicted molar refractivity (Wildman–Crippen MR) is 53.7 cm³/mol. The average molecular weight is 173 g/mol. The summed E-state index contributed by atoms with van der Waals surface area (Å²) in [6.45, 7) is 4.25. The lowest BCUT2D eigenvalue weighted by Gasteiger charge is -2.40. The number of rotatable bonds is 6. The van der Waals surface area contributed by atoms with E-state index in [1.807, 2.05) is 6.92 Å². The molecule has 0 heterocycles. The summed E-state index contributed by atoms with van der Waals surface area (Å²) < 4.78 is -0.147. The molecule has 0 bridgehead atoms. The van der Waals surface area contributed by atoms with E-state index in [1.165, 1.54) is 25.7 Å². The van der Waals surface area contributed by atoms with Crippen LogP contribution in [0.15, 0.2) is 0 Å². The Hall–Kier alpha value is -0.0800. The van der Waals surface area contributed by atoms with E-state index >= 15 is 0 Å². The van der Waals surface area contributed by atoms with Crippen LogP contribution in [0.1, 0.15) is 46.0 Å². The molecule has 0 saturated carbocycles. The molecule has 0 aromatic heterocycles. The van der Waals surface area contributed by atoms with Crippen molar-refractivity contribution in [2.45, 2.75) is 52.0 Å². The van der Waals surface area contributed by atoms with Gasteiger partial charge in [-0.2, -0.15) is 0 Å². The SMILES string of the molecule is CCCCCC[C@@H](C)[N+](C)(C)[O-]. The van der Waals surface area contributed by atoms with Crippen LogP contribution in [0.5, 0.6) is 0 Å². The molecule has 12 heavy (non-hydrogen) atoms. The summed E-state index contributed by atoms with van der Waals surface area (Å²) in [4.78, 5) is 0. The molecule has 0 radical (unpaired) electrons. The minimum Gasteiger partial charge on any atom is -0.633 e. The highest BCUT2D eigenvalue weighted by Crippen LogP contribution is 2.12. The fraction of sp³-hybridized carbons (Fsp3) is 1.00. The second kappa shape index (κ2) is 5.55. The summed E-state index contributed by atoms with van der Waals surface area (Å²) in [7, 11) is 3.45. The first-order valence-electron chi connectivity index (χ1n) is 5.03. The molecule has 0 aliphatic heterocycles. The van der Waals surface area contributed by atoms with E-state index in [2.05, 4.69) is 6.92 Å². The van der Waals surface area contributed by atoms with Crippen molar-refractivity contribution in [3.8, 4) is 0 Å². The summed E-state index contributed by atoms with van der Waals surface area (Å²) in [5, 5.41) is 11.4. The summed E-state index contributed by atoms with van der Waals surface area (Å²) in [5.41, 5.74) is 0. The molecule has 0 spiro atoms. The van der Waals surface area contributed by atoms with Gasteiger partial charge in [0.2, 0.25) is 0 Å². The van der Waals surface area contributed by atoms with Crippen LogP contribution < -0.4 is 0 Å². The zero-order valence-electron chi connectivity index (χ0n) is 8.97. The Kier molecular flexibility index (Phi) is 5.51. The summed E-state index contributed by atoms with van der Waals surface area (Å²) in [5.74, 6) is 0. The summed E-state index contributed by atoms with van der Waals surface area (Å²) >= 11 is 0. The van der Waals surface area contributed by atoms with Crippen LogP contribution in [-0.2, 0) is 0 Å². The molecule has 0 rings (SSSR count). The van der Waals surface area contributed by atoms with Crippen molar-refractivity contribution in [3.05, 3.63) is 5.21 Å². The molecule has 0 saturated heterocycles. The second-order valence-corrected chi connectivity index (χ2v) is 4.13. The summed E-state index contributed by atoms with van der Waals surface area (Å²) in [6, 6.07) is 0.252. The third-order valence-corrected chi connectivity index (χ3v) is 2.54. The minimum absolute atomic E-state index is 0.147. The van der Waals surface area contributed by atoms with Crippen molar-refractivity contribution in [2.24, 2.45) is 0 Å². The smallest absolute Gasteiger partial charge is 0.0854 e. The monoisotopic (exact) mass is 173 g/mol. The van der Waals surface area contributed by atoms with Gasteiger partial charge in [0.25, 0.3) is 0 Å². The van der Waals surface area contributed by atoms with Crippen LogP contribution in [0.4, 0.5) is 0 Å². The standard InChI is InChI=1S/C10H23NO/c1-5-6-7-8-9-10(2)11(3,4)12/h10H,5-9H2,1-4H3/t10-/m1/s1. The maximum Gasteiger partial charge on any atom is 0.0854 e. The third kappa shape index (κ3) is 5.56. The lowest BCUT2D eigenvalue weighted by atomic mass is 10.1. The zero-order chi connectivity index (χ0) is 9.61. The van der Waals surface area contributed by atoms with E-state index in [-0.39, 0.29) is 10.7 Å². The van der Waals surface area contributed by atoms with E-state index < -0.39 is 0 Å². The molecule has 2 nitrogen and oxygen atoms in total. The van der Waals surface area contributed by atoms with Gasteiger partial charge >= 0.3 is 0 Å². The minimum atomic E-state index is -0.147. The van der Waals surface area contributed by atoms with Crippen molar-refractivity contribution >= 4 is 0 Å². The Bertz CT molecular complexity index is 107. The van der Waals surface area contributed by atoms with E-state index in [0.717, 1.165) is 6.42 Å². The first-order valence-corrected chi connectivity index (χ1v) is 5.03. The molecule has 74 valence electrons. The lowest BCUT2D eigenvalue weighted by molar-refractivity contribution is -0.864. The van der Waals surface area contributed by atoms with Gasteiger partial charge in [-0.15, -0.1) is 0 Å². The molecular formula is C10H23NO. The second-order valence-electron chi connectivity index (χ2n) is 4.13. The van der Waals surface area contributed by atoms with Crippen LogP contribution in [0.25, 0.3) is 0 Å². The maximum atomic E-state index is 11.4. The highest BCUT2D eigenvalue weighted by atomic mass is 16.5. The maximum absolute atomic E-state index is 11.4. The molecule has 2 heteroatoms. The van der Waals surface area contributed by atoms with Crippen LogP contribution in [0.2, 0.25) is 0 Å². The number of hydrogen-bond acceptors (Lipinski definition) is 1. The van der Waals surface area contributed by atoms with Crippen molar-refractivity contribution in [2.75, 3.05) is 14.1 Å². The van der Waals surface area contributed by atoms with E-state index in [9.17, 15) is 5.21 Å². The van der Waals surface area contributed by atoms with Crippen LogP contribution in [0.3, 0.4) is 0 Å². The third-order valence-electron chi connectivity index (χ3n) is 2.54. The van der Waals surface area contributed by atoms with Gasteiger partial charge in [0.1, 0.15) is 0 Å². The average Bonchev–Trinajstić information content (AvgIpc) is 1.96. The van der Waals surface area contributed by atoms with Gasteiger partial charge in [0.05, 0.1) is 20.1 Å². The van der Waals surface area contributed by atoms with Gasteiger partial charge in [-0.25, -0.2) is 0 Å². The highest BCUT2D eigenvalue weighted by Gasteiger charge is 2.12. The van der Waals surface area contributed by atoms with Gasteiger partial charge in [-0.3, -0.25) is 0 Å². The Morgan fingerprint density at radius 2 is 1.75 bits per heavy atom.